The lowest BCUT2D eigenvalue weighted by molar-refractivity contribution is 0.0983. The minimum atomic E-state index is -0.150. The Morgan fingerprint density at radius 1 is 1.14 bits per heavy atom. The number of carbonyl (C=O) groups is 1. The monoisotopic (exact) mass is 392 g/mol. The summed E-state index contributed by atoms with van der Waals surface area (Å²) in [6.45, 7) is 4.45. The van der Waals surface area contributed by atoms with E-state index >= 15 is 0 Å². The summed E-state index contributed by atoms with van der Waals surface area (Å²) < 4.78 is 11.8. The van der Waals surface area contributed by atoms with E-state index in [1.165, 1.54) is 22.5 Å². The van der Waals surface area contributed by atoms with E-state index in [4.69, 9.17) is 14.1 Å². The maximum absolute atomic E-state index is 13.3. The molecule has 0 fully saturated rings. The van der Waals surface area contributed by atoms with Crippen LogP contribution in [0.3, 0.4) is 0 Å². The molecule has 0 unspecified atom stereocenters. The number of rotatable bonds is 5. The summed E-state index contributed by atoms with van der Waals surface area (Å²) in [5.74, 6) is 1.19. The minimum Gasteiger partial charge on any atom is -0.497 e. The van der Waals surface area contributed by atoms with E-state index in [9.17, 15) is 4.79 Å². The number of ether oxygens (including phenoxy) is 1. The van der Waals surface area contributed by atoms with Crippen molar-refractivity contribution in [2.75, 3.05) is 12.0 Å². The molecule has 5 nitrogen and oxygen atoms in total. The second-order valence-electron chi connectivity index (χ2n) is 6.60. The Morgan fingerprint density at radius 3 is 2.71 bits per heavy atom. The molecule has 142 valence electrons. The van der Waals surface area contributed by atoms with E-state index < -0.39 is 0 Å². The van der Waals surface area contributed by atoms with Crippen LogP contribution in [0.25, 0.3) is 10.2 Å². The lowest BCUT2D eigenvalue weighted by atomic mass is 10.1. The standard InChI is InChI=1S/C22H20N2O3S/c1-14-10-19-20(11-15(14)2)28-22(23-19)24(13-18-8-5-9-27-18)21(25)16-6-4-7-17(12-16)26-3/h4-12H,13H2,1-3H3. The van der Waals surface area contributed by atoms with E-state index in [1.807, 2.05) is 24.3 Å². The van der Waals surface area contributed by atoms with Crippen molar-refractivity contribution in [3.8, 4) is 5.75 Å². The molecule has 2 aromatic heterocycles. The number of fused-ring (bicyclic) bond motifs is 1. The van der Waals surface area contributed by atoms with Crippen LogP contribution >= 0.6 is 11.3 Å². The van der Waals surface area contributed by atoms with Crippen LogP contribution in [-0.2, 0) is 6.54 Å². The molecule has 0 aliphatic carbocycles. The zero-order chi connectivity index (χ0) is 19.7. The van der Waals surface area contributed by atoms with Crippen molar-refractivity contribution < 1.29 is 13.9 Å². The highest BCUT2D eigenvalue weighted by atomic mass is 32.1. The van der Waals surface area contributed by atoms with E-state index in [0.29, 0.717) is 28.7 Å². The van der Waals surface area contributed by atoms with Crippen LogP contribution in [0.15, 0.2) is 59.2 Å². The molecule has 0 radical (unpaired) electrons. The summed E-state index contributed by atoms with van der Waals surface area (Å²) in [4.78, 5) is 19.7. The van der Waals surface area contributed by atoms with Crippen LogP contribution in [-0.4, -0.2) is 18.0 Å². The predicted octanol–water partition coefficient (Wildman–Crippen LogP) is 5.36. The zero-order valence-corrected chi connectivity index (χ0v) is 16.7. The zero-order valence-electron chi connectivity index (χ0n) is 15.9. The molecular weight excluding hydrogens is 372 g/mol. The third kappa shape index (κ3) is 3.51. The van der Waals surface area contributed by atoms with Gasteiger partial charge in [0.15, 0.2) is 5.13 Å². The highest BCUT2D eigenvalue weighted by Gasteiger charge is 2.23. The van der Waals surface area contributed by atoms with Gasteiger partial charge in [0.1, 0.15) is 11.5 Å². The molecule has 0 bridgehead atoms. The van der Waals surface area contributed by atoms with Crippen LogP contribution in [0, 0.1) is 13.8 Å². The Bertz CT molecular complexity index is 1090. The first kappa shape index (κ1) is 18.3. The topological polar surface area (TPSA) is 55.6 Å². The number of furan rings is 1. The molecule has 1 amide bonds. The molecule has 4 rings (SSSR count). The summed E-state index contributed by atoms with van der Waals surface area (Å²) in [6, 6.07) is 15.0. The van der Waals surface area contributed by atoms with Crippen LogP contribution in [0.1, 0.15) is 27.2 Å². The number of anilines is 1. The maximum atomic E-state index is 13.3. The molecular formula is C22H20N2O3S. The first-order valence-corrected chi connectivity index (χ1v) is 9.73. The molecule has 2 heterocycles. The van der Waals surface area contributed by atoms with Gasteiger partial charge in [0, 0.05) is 5.56 Å². The van der Waals surface area contributed by atoms with Gasteiger partial charge in [-0.2, -0.15) is 0 Å². The molecule has 0 atom stereocenters. The molecule has 0 saturated heterocycles. The molecule has 0 saturated carbocycles. The molecule has 2 aromatic carbocycles. The van der Waals surface area contributed by atoms with E-state index in [1.54, 1.807) is 30.4 Å². The van der Waals surface area contributed by atoms with Crippen LogP contribution in [0.2, 0.25) is 0 Å². The van der Waals surface area contributed by atoms with Crippen molar-refractivity contribution in [3.05, 3.63) is 77.2 Å². The Hall–Kier alpha value is -3.12. The van der Waals surface area contributed by atoms with Crippen molar-refractivity contribution >= 4 is 32.6 Å². The summed E-state index contributed by atoms with van der Waals surface area (Å²) in [5, 5.41) is 0.643. The summed E-state index contributed by atoms with van der Waals surface area (Å²) in [7, 11) is 1.59. The van der Waals surface area contributed by atoms with Gasteiger partial charge in [0.2, 0.25) is 0 Å². The van der Waals surface area contributed by atoms with Crippen molar-refractivity contribution in [2.24, 2.45) is 0 Å². The number of thiazole rings is 1. The Labute approximate surface area is 167 Å². The smallest absolute Gasteiger partial charge is 0.260 e. The molecule has 0 spiro atoms. The Kier molecular flexibility index (Phi) is 4.88. The van der Waals surface area contributed by atoms with Gasteiger partial charge in [0.25, 0.3) is 5.91 Å². The number of aromatic nitrogens is 1. The molecule has 0 aliphatic heterocycles. The SMILES string of the molecule is COc1cccc(C(=O)N(Cc2ccco2)c2nc3cc(C)c(C)cc3s2)c1. The van der Waals surface area contributed by atoms with Gasteiger partial charge in [-0.3, -0.25) is 9.69 Å². The first-order chi connectivity index (χ1) is 13.5. The Balaban J connectivity index is 1.78. The predicted molar refractivity (Wildman–Crippen MR) is 111 cm³/mol. The molecule has 6 heteroatoms. The van der Waals surface area contributed by atoms with Crippen LogP contribution < -0.4 is 9.64 Å². The molecule has 28 heavy (non-hydrogen) atoms. The largest absolute Gasteiger partial charge is 0.497 e. The fraction of sp³-hybridized carbons (Fsp3) is 0.182. The number of nitrogens with zero attached hydrogens (tertiary/aromatic N) is 2. The number of aryl methyl sites for hydroxylation is 2. The fourth-order valence-corrected chi connectivity index (χ4v) is 4.02. The second-order valence-corrected chi connectivity index (χ2v) is 7.61. The van der Waals surface area contributed by atoms with Gasteiger partial charge in [-0.05, 0) is 67.4 Å². The lowest BCUT2D eigenvalue weighted by Crippen LogP contribution is -2.30. The van der Waals surface area contributed by atoms with Gasteiger partial charge in [0.05, 0.1) is 30.1 Å². The second kappa shape index (κ2) is 7.48. The first-order valence-electron chi connectivity index (χ1n) is 8.91. The number of hydrogen-bond donors (Lipinski definition) is 0. The number of amides is 1. The molecule has 4 aromatic rings. The normalized spacial score (nSPS) is 11.0. The highest BCUT2D eigenvalue weighted by Crippen LogP contribution is 2.32. The van der Waals surface area contributed by atoms with Crippen molar-refractivity contribution in [1.82, 2.24) is 4.98 Å². The summed E-state index contributed by atoms with van der Waals surface area (Å²) >= 11 is 1.50. The average molecular weight is 392 g/mol. The van der Waals surface area contributed by atoms with E-state index in [0.717, 1.165) is 10.2 Å². The van der Waals surface area contributed by atoms with Crippen molar-refractivity contribution in [2.45, 2.75) is 20.4 Å². The number of carbonyl (C=O) groups excluding carboxylic acids is 1. The van der Waals surface area contributed by atoms with Crippen LogP contribution in [0.5, 0.6) is 5.75 Å². The Morgan fingerprint density at radius 2 is 1.96 bits per heavy atom. The van der Waals surface area contributed by atoms with Gasteiger partial charge < -0.3 is 9.15 Å². The highest BCUT2D eigenvalue weighted by molar-refractivity contribution is 7.22. The quantitative estimate of drug-likeness (QED) is 0.459. The van der Waals surface area contributed by atoms with Crippen molar-refractivity contribution in [3.63, 3.8) is 0 Å². The summed E-state index contributed by atoms with van der Waals surface area (Å²) in [6.07, 6.45) is 1.61. The van der Waals surface area contributed by atoms with E-state index in [2.05, 4.69) is 26.0 Å². The fourth-order valence-electron chi connectivity index (χ4n) is 2.98. The van der Waals surface area contributed by atoms with Gasteiger partial charge >= 0.3 is 0 Å². The van der Waals surface area contributed by atoms with Gasteiger partial charge in [-0.1, -0.05) is 17.4 Å². The van der Waals surface area contributed by atoms with Crippen molar-refractivity contribution in [1.29, 1.82) is 0 Å². The number of methoxy groups -OCH3 is 1. The lowest BCUT2D eigenvalue weighted by Gasteiger charge is -2.19. The summed E-state index contributed by atoms with van der Waals surface area (Å²) in [5.41, 5.74) is 3.82. The maximum Gasteiger partial charge on any atom is 0.260 e. The molecule has 0 aliphatic rings. The van der Waals surface area contributed by atoms with Gasteiger partial charge in [-0.15, -0.1) is 0 Å². The third-order valence-corrected chi connectivity index (χ3v) is 5.72. The number of benzene rings is 2. The minimum absolute atomic E-state index is 0.150. The number of hydrogen-bond acceptors (Lipinski definition) is 5. The molecule has 0 N–H and O–H groups in total. The average Bonchev–Trinajstić information content (AvgIpc) is 3.35. The third-order valence-electron chi connectivity index (χ3n) is 4.68. The van der Waals surface area contributed by atoms with E-state index in [-0.39, 0.29) is 5.91 Å². The van der Waals surface area contributed by atoms with Gasteiger partial charge in [-0.25, -0.2) is 4.98 Å². The van der Waals surface area contributed by atoms with Crippen LogP contribution in [0.4, 0.5) is 5.13 Å².